The number of aromatic nitrogens is 1. The van der Waals surface area contributed by atoms with E-state index in [4.69, 9.17) is 5.73 Å². The third kappa shape index (κ3) is 6.33. The second-order valence-corrected chi connectivity index (χ2v) is 10.1. The summed E-state index contributed by atoms with van der Waals surface area (Å²) in [6.07, 6.45) is -2.98. The Hall–Kier alpha value is -4.19. The molecule has 0 amide bonds. The number of Topliss-reactive ketones (excluding diaryl/α,β-unsaturated/α-hetero) is 1. The molecular formula is C32H29F3N4O. The Morgan fingerprint density at radius 3 is 2.35 bits per heavy atom. The normalized spacial score (nSPS) is 14.6. The van der Waals surface area contributed by atoms with Gasteiger partial charge in [0, 0.05) is 67.2 Å². The number of halogens is 3. The van der Waals surface area contributed by atoms with Gasteiger partial charge in [0.1, 0.15) is 5.82 Å². The Kier molecular flexibility index (Phi) is 7.88. The number of anilines is 1. The maximum atomic E-state index is 13.9. The first-order chi connectivity index (χ1) is 19.2. The molecule has 0 aliphatic carbocycles. The first kappa shape index (κ1) is 27.4. The van der Waals surface area contributed by atoms with Gasteiger partial charge < -0.3 is 10.6 Å². The van der Waals surface area contributed by atoms with Gasteiger partial charge >= 0.3 is 6.18 Å². The zero-order valence-corrected chi connectivity index (χ0v) is 22.1. The van der Waals surface area contributed by atoms with E-state index in [0.717, 1.165) is 48.6 Å². The van der Waals surface area contributed by atoms with E-state index >= 15 is 0 Å². The third-order valence-corrected chi connectivity index (χ3v) is 7.21. The summed E-state index contributed by atoms with van der Waals surface area (Å²) in [6.45, 7) is 3.34. The van der Waals surface area contributed by atoms with Crippen molar-refractivity contribution < 1.29 is 18.0 Å². The lowest BCUT2D eigenvalue weighted by atomic mass is 9.97. The molecule has 40 heavy (non-hydrogen) atoms. The molecule has 2 heterocycles. The van der Waals surface area contributed by atoms with Crippen LogP contribution in [0, 0.1) is 11.8 Å². The topological polar surface area (TPSA) is 62.5 Å². The fraction of sp³-hybridized carbons (Fsp3) is 0.250. The Balaban J connectivity index is 1.29. The summed E-state index contributed by atoms with van der Waals surface area (Å²) in [7, 11) is 2.01. The van der Waals surface area contributed by atoms with Crippen LogP contribution in [0.4, 0.5) is 19.0 Å². The van der Waals surface area contributed by atoms with Crippen LogP contribution in [0.3, 0.4) is 0 Å². The SMILES string of the molecule is CN1CCN(Cc2ccc(CC(=O)c3ccc(C#Cc4cnc(N)c5ccccc45)cc3)cc2C(F)(F)F)CC1. The first-order valence-corrected chi connectivity index (χ1v) is 13.1. The van der Waals surface area contributed by atoms with E-state index in [-0.39, 0.29) is 24.3 Å². The van der Waals surface area contributed by atoms with Crippen LogP contribution in [0.2, 0.25) is 0 Å². The standard InChI is InChI=1S/C32H29F3N4O/c1-38-14-16-39(17-15-38)21-26-13-9-23(18-29(26)32(33,34)35)19-30(40)24-10-6-22(7-11-24)8-12-25-20-37-31(36)28-5-3-2-4-27(25)28/h2-7,9-11,13,18,20H,14-17,19,21H2,1H3,(H2,36,37). The number of hydrogen-bond donors (Lipinski definition) is 1. The average Bonchev–Trinajstić information content (AvgIpc) is 2.94. The lowest BCUT2D eigenvalue weighted by molar-refractivity contribution is -0.138. The number of alkyl halides is 3. The average molecular weight is 543 g/mol. The highest BCUT2D eigenvalue weighted by Crippen LogP contribution is 2.34. The largest absolute Gasteiger partial charge is 0.416 e. The van der Waals surface area contributed by atoms with Crippen molar-refractivity contribution in [2.45, 2.75) is 19.1 Å². The van der Waals surface area contributed by atoms with Gasteiger partial charge in [-0.15, -0.1) is 0 Å². The molecular weight excluding hydrogens is 513 g/mol. The highest BCUT2D eigenvalue weighted by atomic mass is 19.4. The van der Waals surface area contributed by atoms with Gasteiger partial charge in [-0.3, -0.25) is 9.69 Å². The molecule has 1 fully saturated rings. The minimum atomic E-state index is -4.49. The molecule has 4 aromatic rings. The summed E-state index contributed by atoms with van der Waals surface area (Å²) < 4.78 is 41.7. The number of pyridine rings is 1. The van der Waals surface area contributed by atoms with Gasteiger partial charge in [-0.2, -0.15) is 13.2 Å². The molecule has 1 aliphatic rings. The number of nitrogens with two attached hydrogens (primary N) is 1. The minimum Gasteiger partial charge on any atom is -0.383 e. The van der Waals surface area contributed by atoms with Crippen molar-refractivity contribution >= 4 is 22.4 Å². The number of hydrogen-bond acceptors (Lipinski definition) is 5. The fourth-order valence-corrected chi connectivity index (χ4v) is 4.86. The molecule has 3 aromatic carbocycles. The fourth-order valence-electron chi connectivity index (χ4n) is 4.86. The van der Waals surface area contributed by atoms with Crippen molar-refractivity contribution in [2.24, 2.45) is 0 Å². The lowest BCUT2D eigenvalue weighted by Gasteiger charge is -2.33. The van der Waals surface area contributed by atoms with Gasteiger partial charge in [0.2, 0.25) is 0 Å². The monoisotopic (exact) mass is 542 g/mol. The predicted octanol–water partition coefficient (Wildman–Crippen LogP) is 5.41. The number of carbonyl (C=O) groups is 1. The van der Waals surface area contributed by atoms with Gasteiger partial charge in [-0.1, -0.05) is 60.4 Å². The van der Waals surface area contributed by atoms with Gasteiger partial charge in [0.05, 0.1) is 11.1 Å². The summed E-state index contributed by atoms with van der Waals surface area (Å²) in [5, 5.41) is 1.73. The highest BCUT2D eigenvalue weighted by molar-refractivity contribution is 5.97. The van der Waals surface area contributed by atoms with Crippen molar-refractivity contribution in [3.05, 3.63) is 106 Å². The van der Waals surface area contributed by atoms with E-state index in [0.29, 0.717) is 22.5 Å². The van der Waals surface area contributed by atoms with Crippen LogP contribution in [0.25, 0.3) is 10.8 Å². The van der Waals surface area contributed by atoms with Gasteiger partial charge in [0.25, 0.3) is 0 Å². The van der Waals surface area contributed by atoms with E-state index in [1.807, 2.05) is 36.2 Å². The van der Waals surface area contributed by atoms with Crippen LogP contribution < -0.4 is 5.73 Å². The van der Waals surface area contributed by atoms with Crippen molar-refractivity contribution in [3.8, 4) is 11.8 Å². The molecule has 0 radical (unpaired) electrons. The van der Waals surface area contributed by atoms with E-state index in [2.05, 4.69) is 21.7 Å². The van der Waals surface area contributed by atoms with Crippen molar-refractivity contribution in [3.63, 3.8) is 0 Å². The van der Waals surface area contributed by atoms with E-state index in [9.17, 15) is 18.0 Å². The number of benzene rings is 3. The Morgan fingerprint density at radius 1 is 0.950 bits per heavy atom. The Labute approximate surface area is 231 Å². The van der Waals surface area contributed by atoms with Crippen LogP contribution in [-0.4, -0.2) is 53.8 Å². The third-order valence-electron chi connectivity index (χ3n) is 7.21. The van der Waals surface area contributed by atoms with Crippen LogP contribution in [0.15, 0.2) is 72.9 Å². The molecule has 8 heteroatoms. The number of likely N-dealkylation sites (N-methyl/N-ethyl adjacent to an activating group) is 1. The summed E-state index contributed by atoms with van der Waals surface area (Å²) in [5.74, 6) is 6.38. The molecule has 0 spiro atoms. The molecule has 5 rings (SSSR count). The van der Waals surface area contributed by atoms with Crippen LogP contribution in [0.5, 0.6) is 0 Å². The molecule has 0 bridgehead atoms. The lowest BCUT2D eigenvalue weighted by Crippen LogP contribution is -2.44. The number of ketones is 1. The van der Waals surface area contributed by atoms with Crippen molar-refractivity contribution in [1.82, 2.24) is 14.8 Å². The Bertz CT molecular complexity index is 1600. The maximum Gasteiger partial charge on any atom is 0.416 e. The summed E-state index contributed by atoms with van der Waals surface area (Å²) in [5.41, 5.74) is 7.72. The van der Waals surface area contributed by atoms with Gasteiger partial charge in [0.15, 0.2) is 5.78 Å². The quantitative estimate of drug-likeness (QED) is 0.270. The maximum absolute atomic E-state index is 13.9. The molecule has 1 aromatic heterocycles. The summed E-state index contributed by atoms with van der Waals surface area (Å²) >= 11 is 0. The highest BCUT2D eigenvalue weighted by Gasteiger charge is 2.34. The van der Waals surface area contributed by atoms with Gasteiger partial charge in [-0.05, 0) is 36.4 Å². The van der Waals surface area contributed by atoms with Crippen LogP contribution in [0.1, 0.15) is 38.2 Å². The predicted molar refractivity (Wildman–Crippen MR) is 151 cm³/mol. The van der Waals surface area contributed by atoms with Crippen LogP contribution in [-0.2, 0) is 19.1 Å². The van der Waals surface area contributed by atoms with Crippen molar-refractivity contribution in [1.29, 1.82) is 0 Å². The molecule has 0 atom stereocenters. The second-order valence-electron chi connectivity index (χ2n) is 10.1. The number of nitrogen functional groups attached to an aromatic ring is 1. The second kappa shape index (κ2) is 11.5. The number of rotatable bonds is 5. The number of fused-ring (bicyclic) bond motifs is 1. The molecule has 1 saturated heterocycles. The Morgan fingerprint density at radius 2 is 1.65 bits per heavy atom. The summed E-state index contributed by atoms with van der Waals surface area (Å²) in [4.78, 5) is 21.3. The summed E-state index contributed by atoms with van der Waals surface area (Å²) in [6, 6.07) is 18.6. The van der Waals surface area contributed by atoms with E-state index < -0.39 is 11.7 Å². The molecule has 5 nitrogen and oxygen atoms in total. The number of carbonyl (C=O) groups excluding carboxylic acids is 1. The van der Waals surface area contributed by atoms with Gasteiger partial charge in [-0.25, -0.2) is 4.98 Å². The van der Waals surface area contributed by atoms with E-state index in [1.165, 1.54) is 6.07 Å². The number of piperazine rings is 1. The molecule has 204 valence electrons. The smallest absolute Gasteiger partial charge is 0.383 e. The van der Waals surface area contributed by atoms with E-state index in [1.54, 1.807) is 36.5 Å². The molecule has 1 aliphatic heterocycles. The zero-order valence-electron chi connectivity index (χ0n) is 22.1. The molecule has 2 N–H and O–H groups in total. The van der Waals surface area contributed by atoms with Crippen molar-refractivity contribution in [2.75, 3.05) is 39.0 Å². The minimum absolute atomic E-state index is 0.119. The molecule has 0 saturated carbocycles. The van der Waals surface area contributed by atoms with Crippen LogP contribution >= 0.6 is 0 Å². The zero-order chi connectivity index (χ0) is 28.3. The first-order valence-electron chi connectivity index (χ1n) is 13.1. The number of nitrogens with zero attached hydrogens (tertiary/aromatic N) is 3. The molecule has 0 unspecified atom stereocenters.